The second-order valence-corrected chi connectivity index (χ2v) is 5.31. The minimum Gasteiger partial charge on any atom is -0.466 e. The van der Waals surface area contributed by atoms with Crippen LogP contribution < -0.4 is 0 Å². The first-order valence-electron chi connectivity index (χ1n) is 7.31. The van der Waals surface area contributed by atoms with E-state index in [1.54, 1.807) is 13.2 Å². The van der Waals surface area contributed by atoms with Gasteiger partial charge in [0.1, 0.15) is 0 Å². The van der Waals surface area contributed by atoms with E-state index in [4.69, 9.17) is 4.74 Å². The van der Waals surface area contributed by atoms with Crippen molar-refractivity contribution in [2.24, 2.45) is 0 Å². The van der Waals surface area contributed by atoms with Crippen molar-refractivity contribution in [3.05, 3.63) is 41.5 Å². The number of methoxy groups -OCH3 is 2. The molecule has 0 bridgehead atoms. The third kappa shape index (κ3) is 4.99. The Labute approximate surface area is 126 Å². The van der Waals surface area contributed by atoms with Gasteiger partial charge in [0.25, 0.3) is 0 Å². The number of likely N-dealkylation sites (tertiary alicyclic amines) is 1. The van der Waals surface area contributed by atoms with Gasteiger partial charge in [-0.3, -0.25) is 4.90 Å². The Hall–Kier alpha value is -1.65. The largest absolute Gasteiger partial charge is 0.466 e. The number of nitrogens with zero attached hydrogens (tertiary/aromatic N) is 1. The molecular formula is C17H23NO3. The van der Waals surface area contributed by atoms with Crippen molar-refractivity contribution in [2.45, 2.75) is 25.5 Å². The van der Waals surface area contributed by atoms with Gasteiger partial charge in [0, 0.05) is 32.8 Å². The number of hydrogen-bond donors (Lipinski definition) is 0. The van der Waals surface area contributed by atoms with Crippen LogP contribution in [-0.2, 0) is 20.8 Å². The van der Waals surface area contributed by atoms with E-state index in [2.05, 4.69) is 21.8 Å². The van der Waals surface area contributed by atoms with Crippen molar-refractivity contribution in [2.75, 3.05) is 27.3 Å². The SMILES string of the molecule is COC(=O)/C=C/c1ccc(CN2CCC(OC)CC2)cc1. The Morgan fingerprint density at radius 1 is 1.24 bits per heavy atom. The van der Waals surface area contributed by atoms with Gasteiger partial charge in [-0.25, -0.2) is 4.79 Å². The highest BCUT2D eigenvalue weighted by atomic mass is 16.5. The summed E-state index contributed by atoms with van der Waals surface area (Å²) in [6.07, 6.45) is 5.84. The molecule has 0 atom stereocenters. The van der Waals surface area contributed by atoms with E-state index in [0.29, 0.717) is 6.10 Å². The molecule has 4 heteroatoms. The van der Waals surface area contributed by atoms with E-state index in [9.17, 15) is 4.79 Å². The Morgan fingerprint density at radius 3 is 2.48 bits per heavy atom. The van der Waals surface area contributed by atoms with Crippen LogP contribution in [0.25, 0.3) is 6.08 Å². The van der Waals surface area contributed by atoms with Crippen LogP contribution in [0.3, 0.4) is 0 Å². The molecule has 1 aromatic carbocycles. The number of rotatable bonds is 5. The molecule has 0 aliphatic carbocycles. The van der Waals surface area contributed by atoms with Crippen LogP contribution >= 0.6 is 0 Å². The summed E-state index contributed by atoms with van der Waals surface area (Å²) >= 11 is 0. The number of benzene rings is 1. The smallest absolute Gasteiger partial charge is 0.330 e. The highest BCUT2D eigenvalue weighted by Gasteiger charge is 2.18. The summed E-state index contributed by atoms with van der Waals surface area (Å²) in [6.45, 7) is 3.14. The van der Waals surface area contributed by atoms with Gasteiger partial charge in [0.05, 0.1) is 13.2 Å². The maximum absolute atomic E-state index is 11.0. The zero-order chi connectivity index (χ0) is 15.1. The van der Waals surface area contributed by atoms with Gasteiger partial charge in [-0.15, -0.1) is 0 Å². The summed E-state index contributed by atoms with van der Waals surface area (Å²) < 4.78 is 9.96. The van der Waals surface area contributed by atoms with Crippen molar-refractivity contribution >= 4 is 12.0 Å². The first kappa shape index (κ1) is 15.7. The average molecular weight is 289 g/mol. The van der Waals surface area contributed by atoms with Gasteiger partial charge < -0.3 is 9.47 Å². The lowest BCUT2D eigenvalue weighted by Crippen LogP contribution is -2.36. The second kappa shape index (κ2) is 7.96. The first-order chi connectivity index (χ1) is 10.2. The molecular weight excluding hydrogens is 266 g/mol. The van der Waals surface area contributed by atoms with Crippen LogP contribution in [0, 0.1) is 0 Å². The van der Waals surface area contributed by atoms with Crippen LogP contribution in [-0.4, -0.2) is 44.3 Å². The van der Waals surface area contributed by atoms with Gasteiger partial charge in [-0.2, -0.15) is 0 Å². The fourth-order valence-electron chi connectivity index (χ4n) is 2.53. The van der Waals surface area contributed by atoms with Crippen LogP contribution in [0.5, 0.6) is 0 Å². The molecule has 0 saturated carbocycles. The van der Waals surface area contributed by atoms with E-state index in [-0.39, 0.29) is 5.97 Å². The summed E-state index contributed by atoms with van der Waals surface area (Å²) in [4.78, 5) is 13.5. The number of hydrogen-bond acceptors (Lipinski definition) is 4. The molecule has 1 aromatic rings. The van der Waals surface area contributed by atoms with E-state index < -0.39 is 0 Å². The van der Waals surface area contributed by atoms with E-state index in [1.165, 1.54) is 18.7 Å². The Kier molecular flexibility index (Phi) is 5.96. The normalized spacial score (nSPS) is 17.2. The molecule has 1 heterocycles. The number of carbonyl (C=O) groups excluding carboxylic acids is 1. The summed E-state index contributed by atoms with van der Waals surface area (Å²) in [6, 6.07) is 8.27. The number of esters is 1. The van der Waals surface area contributed by atoms with Gasteiger partial charge in [-0.05, 0) is 30.0 Å². The lowest BCUT2D eigenvalue weighted by atomic mass is 10.1. The maximum atomic E-state index is 11.0. The molecule has 2 rings (SSSR count). The van der Waals surface area contributed by atoms with E-state index >= 15 is 0 Å². The van der Waals surface area contributed by atoms with Crippen LogP contribution in [0.15, 0.2) is 30.3 Å². The summed E-state index contributed by atoms with van der Waals surface area (Å²) in [7, 11) is 3.17. The Bertz CT molecular complexity index is 473. The monoisotopic (exact) mass is 289 g/mol. The van der Waals surface area contributed by atoms with E-state index in [1.807, 2.05) is 12.1 Å². The first-order valence-corrected chi connectivity index (χ1v) is 7.31. The van der Waals surface area contributed by atoms with Crippen molar-refractivity contribution < 1.29 is 14.3 Å². The fraction of sp³-hybridized carbons (Fsp3) is 0.471. The summed E-state index contributed by atoms with van der Waals surface area (Å²) in [5.74, 6) is -0.333. The van der Waals surface area contributed by atoms with Gasteiger partial charge >= 0.3 is 5.97 Å². The minimum atomic E-state index is -0.333. The van der Waals surface area contributed by atoms with Crippen molar-refractivity contribution in [1.29, 1.82) is 0 Å². The molecule has 1 saturated heterocycles. The third-order valence-corrected chi connectivity index (χ3v) is 3.87. The zero-order valence-electron chi connectivity index (χ0n) is 12.7. The van der Waals surface area contributed by atoms with Crippen molar-refractivity contribution in [3.63, 3.8) is 0 Å². The lowest BCUT2D eigenvalue weighted by Gasteiger charge is -2.31. The molecule has 1 aliphatic heterocycles. The predicted molar refractivity (Wildman–Crippen MR) is 82.8 cm³/mol. The van der Waals surface area contributed by atoms with Gasteiger partial charge in [0.15, 0.2) is 0 Å². The average Bonchev–Trinajstić information content (AvgIpc) is 2.54. The molecule has 21 heavy (non-hydrogen) atoms. The zero-order valence-corrected chi connectivity index (χ0v) is 12.7. The van der Waals surface area contributed by atoms with Crippen molar-refractivity contribution in [3.8, 4) is 0 Å². The molecule has 0 aromatic heterocycles. The van der Waals surface area contributed by atoms with E-state index in [0.717, 1.165) is 38.0 Å². The molecule has 0 unspecified atom stereocenters. The molecule has 0 N–H and O–H groups in total. The Morgan fingerprint density at radius 2 is 1.90 bits per heavy atom. The quantitative estimate of drug-likeness (QED) is 0.616. The van der Waals surface area contributed by atoms with Crippen LogP contribution in [0.4, 0.5) is 0 Å². The lowest BCUT2D eigenvalue weighted by molar-refractivity contribution is -0.134. The highest BCUT2D eigenvalue weighted by Crippen LogP contribution is 2.16. The number of piperidine rings is 1. The topological polar surface area (TPSA) is 38.8 Å². The van der Waals surface area contributed by atoms with Crippen LogP contribution in [0.1, 0.15) is 24.0 Å². The number of ether oxygens (including phenoxy) is 2. The number of carbonyl (C=O) groups is 1. The second-order valence-electron chi connectivity index (χ2n) is 5.31. The molecule has 0 amide bonds. The third-order valence-electron chi connectivity index (χ3n) is 3.87. The van der Waals surface area contributed by atoms with Gasteiger partial charge in [0.2, 0.25) is 0 Å². The molecule has 0 spiro atoms. The molecule has 4 nitrogen and oxygen atoms in total. The fourth-order valence-corrected chi connectivity index (χ4v) is 2.53. The molecule has 1 aliphatic rings. The Balaban J connectivity index is 1.85. The minimum absolute atomic E-state index is 0.333. The van der Waals surface area contributed by atoms with Gasteiger partial charge in [-0.1, -0.05) is 24.3 Å². The molecule has 0 radical (unpaired) electrons. The maximum Gasteiger partial charge on any atom is 0.330 e. The van der Waals surface area contributed by atoms with Crippen molar-refractivity contribution in [1.82, 2.24) is 4.90 Å². The molecule has 1 fully saturated rings. The summed E-state index contributed by atoms with van der Waals surface area (Å²) in [5, 5.41) is 0. The summed E-state index contributed by atoms with van der Waals surface area (Å²) in [5.41, 5.74) is 2.29. The predicted octanol–water partition coefficient (Wildman–Crippen LogP) is 2.48. The standard InChI is InChI=1S/C17H23NO3/c1-20-16-9-11-18(12-10-16)13-15-5-3-14(4-6-15)7-8-17(19)21-2/h3-8,16H,9-13H2,1-2H3/b8-7+. The highest BCUT2D eigenvalue weighted by molar-refractivity contribution is 5.86. The molecule has 114 valence electrons. The van der Waals surface area contributed by atoms with Crippen LogP contribution in [0.2, 0.25) is 0 Å².